The lowest BCUT2D eigenvalue weighted by Crippen LogP contribution is -2.27. The number of nitrogens with one attached hydrogen (secondary N) is 1. The van der Waals surface area contributed by atoms with E-state index in [9.17, 15) is 14.4 Å². The zero-order chi connectivity index (χ0) is 24.9. The number of halogens is 2. The molecular weight excluding hydrogens is 507 g/mol. The maximum absolute atomic E-state index is 12.8. The molecule has 0 aliphatic carbocycles. The Balaban J connectivity index is 1.39. The molecule has 178 valence electrons. The quantitative estimate of drug-likeness (QED) is 0.353. The SMILES string of the molecule is Cc1cccc(NC(=O)COc2ccc(/C=C3\SC(=O)N(Cc4cccc(Cl)c4)C3=O)cc2Cl)c1. The van der Waals surface area contributed by atoms with Crippen LogP contribution in [0.15, 0.2) is 71.6 Å². The Hall–Kier alpha value is -3.26. The third kappa shape index (κ3) is 6.45. The molecule has 9 heteroatoms. The standard InChI is InChI=1S/C26H20Cl2N2O4S/c1-16-4-2-7-20(10-16)29-24(31)15-34-22-9-8-17(12-21(22)28)13-23-25(32)30(26(33)35-23)14-18-5-3-6-19(27)11-18/h2-13H,14-15H2,1H3,(H,29,31)/b23-13-. The van der Waals surface area contributed by atoms with Gasteiger partial charge < -0.3 is 10.1 Å². The van der Waals surface area contributed by atoms with E-state index in [1.165, 1.54) is 4.90 Å². The van der Waals surface area contributed by atoms with Crippen molar-refractivity contribution in [3.63, 3.8) is 0 Å². The molecule has 0 unspecified atom stereocenters. The lowest BCUT2D eigenvalue weighted by atomic mass is 10.2. The van der Waals surface area contributed by atoms with Crippen molar-refractivity contribution in [1.29, 1.82) is 0 Å². The van der Waals surface area contributed by atoms with Crippen molar-refractivity contribution in [1.82, 2.24) is 4.90 Å². The fraction of sp³-hybridized carbons (Fsp3) is 0.115. The minimum Gasteiger partial charge on any atom is -0.482 e. The monoisotopic (exact) mass is 526 g/mol. The molecule has 1 aliphatic heterocycles. The molecule has 0 aromatic heterocycles. The van der Waals surface area contributed by atoms with Crippen LogP contribution in [-0.4, -0.2) is 28.6 Å². The largest absolute Gasteiger partial charge is 0.482 e. The highest BCUT2D eigenvalue weighted by molar-refractivity contribution is 8.18. The number of thioether (sulfide) groups is 1. The molecule has 0 radical (unpaired) electrons. The number of hydrogen-bond donors (Lipinski definition) is 1. The zero-order valence-electron chi connectivity index (χ0n) is 18.6. The van der Waals surface area contributed by atoms with E-state index in [-0.39, 0.29) is 35.2 Å². The summed E-state index contributed by atoms with van der Waals surface area (Å²) in [5.41, 5.74) is 3.10. The number of carbonyl (C=O) groups is 3. The van der Waals surface area contributed by atoms with Gasteiger partial charge in [0.2, 0.25) is 0 Å². The number of benzene rings is 3. The van der Waals surface area contributed by atoms with Crippen molar-refractivity contribution >= 4 is 63.8 Å². The molecule has 1 N–H and O–H groups in total. The second-order valence-corrected chi connectivity index (χ2v) is 9.63. The van der Waals surface area contributed by atoms with Gasteiger partial charge in [-0.3, -0.25) is 19.3 Å². The maximum atomic E-state index is 12.8. The molecule has 3 aromatic carbocycles. The zero-order valence-corrected chi connectivity index (χ0v) is 20.9. The summed E-state index contributed by atoms with van der Waals surface area (Å²) in [4.78, 5) is 38.8. The lowest BCUT2D eigenvalue weighted by Gasteiger charge is -2.12. The molecule has 1 heterocycles. The lowest BCUT2D eigenvalue weighted by molar-refractivity contribution is -0.123. The smallest absolute Gasteiger partial charge is 0.293 e. The third-order valence-corrected chi connectivity index (χ3v) is 6.46. The predicted octanol–water partition coefficient (Wildman–Crippen LogP) is 6.56. The average Bonchev–Trinajstić information content (AvgIpc) is 3.06. The molecule has 1 saturated heterocycles. The van der Waals surface area contributed by atoms with Crippen molar-refractivity contribution in [3.05, 3.63) is 98.4 Å². The first-order chi connectivity index (χ1) is 16.8. The van der Waals surface area contributed by atoms with E-state index < -0.39 is 0 Å². The number of aryl methyl sites for hydroxylation is 1. The Morgan fingerprint density at radius 1 is 1.06 bits per heavy atom. The van der Waals surface area contributed by atoms with Crippen LogP contribution in [0.3, 0.4) is 0 Å². The van der Waals surface area contributed by atoms with Crippen molar-refractivity contribution in [3.8, 4) is 5.75 Å². The van der Waals surface area contributed by atoms with Gasteiger partial charge in [0.15, 0.2) is 6.61 Å². The molecule has 35 heavy (non-hydrogen) atoms. The average molecular weight is 527 g/mol. The van der Waals surface area contributed by atoms with Gasteiger partial charge in [-0.25, -0.2) is 0 Å². The number of imide groups is 1. The summed E-state index contributed by atoms with van der Waals surface area (Å²) in [6, 6.07) is 19.4. The van der Waals surface area contributed by atoms with Crippen LogP contribution < -0.4 is 10.1 Å². The van der Waals surface area contributed by atoms with Crippen LogP contribution >= 0.6 is 35.0 Å². The molecular formula is C26H20Cl2N2O4S. The Labute approximate surface area is 216 Å². The molecule has 0 bridgehead atoms. The molecule has 3 aromatic rings. The van der Waals surface area contributed by atoms with Crippen LogP contribution in [0.5, 0.6) is 5.75 Å². The molecule has 1 aliphatic rings. The van der Waals surface area contributed by atoms with Gasteiger partial charge in [-0.1, -0.05) is 53.5 Å². The maximum Gasteiger partial charge on any atom is 0.293 e. The van der Waals surface area contributed by atoms with Crippen molar-refractivity contribution in [2.24, 2.45) is 0 Å². The Morgan fingerprint density at radius 3 is 2.60 bits per heavy atom. The minimum absolute atomic E-state index is 0.140. The highest BCUT2D eigenvalue weighted by atomic mass is 35.5. The van der Waals surface area contributed by atoms with Gasteiger partial charge in [0, 0.05) is 10.7 Å². The van der Waals surface area contributed by atoms with Crippen molar-refractivity contribution in [2.75, 3.05) is 11.9 Å². The molecule has 1 fully saturated rings. The van der Waals surface area contributed by atoms with Crippen LogP contribution in [0.2, 0.25) is 10.0 Å². The summed E-state index contributed by atoms with van der Waals surface area (Å²) < 4.78 is 5.55. The van der Waals surface area contributed by atoms with Crippen molar-refractivity contribution in [2.45, 2.75) is 13.5 Å². The Kier molecular flexibility index (Phi) is 7.80. The van der Waals surface area contributed by atoms with E-state index in [1.54, 1.807) is 54.6 Å². The first-order valence-corrected chi connectivity index (χ1v) is 12.1. The molecule has 0 spiro atoms. The summed E-state index contributed by atoms with van der Waals surface area (Å²) in [5.74, 6) is -0.370. The van der Waals surface area contributed by atoms with Gasteiger partial charge in [0.1, 0.15) is 5.75 Å². The van der Waals surface area contributed by atoms with Gasteiger partial charge >= 0.3 is 0 Å². The summed E-state index contributed by atoms with van der Waals surface area (Å²) in [7, 11) is 0. The first kappa shape index (κ1) is 24.9. The van der Waals surface area contributed by atoms with E-state index in [2.05, 4.69) is 5.32 Å². The second kappa shape index (κ2) is 11.0. The highest BCUT2D eigenvalue weighted by Gasteiger charge is 2.35. The van der Waals surface area contributed by atoms with E-state index in [1.807, 2.05) is 25.1 Å². The number of amides is 3. The third-order valence-electron chi connectivity index (χ3n) is 5.02. The second-order valence-electron chi connectivity index (χ2n) is 7.79. The Bertz CT molecular complexity index is 1340. The highest BCUT2D eigenvalue weighted by Crippen LogP contribution is 2.35. The summed E-state index contributed by atoms with van der Waals surface area (Å²) in [6.45, 7) is 1.86. The van der Waals surface area contributed by atoms with Gasteiger partial charge in [-0.15, -0.1) is 0 Å². The van der Waals surface area contributed by atoms with Crippen molar-refractivity contribution < 1.29 is 19.1 Å². The summed E-state index contributed by atoms with van der Waals surface area (Å²) in [6.07, 6.45) is 1.60. The van der Waals surface area contributed by atoms with Gasteiger partial charge in [0.05, 0.1) is 16.5 Å². The van der Waals surface area contributed by atoms with Gasteiger partial charge in [-0.05, 0) is 77.9 Å². The number of nitrogens with zero attached hydrogens (tertiary/aromatic N) is 1. The number of rotatable bonds is 7. The fourth-order valence-electron chi connectivity index (χ4n) is 3.39. The number of hydrogen-bond acceptors (Lipinski definition) is 5. The molecule has 6 nitrogen and oxygen atoms in total. The predicted molar refractivity (Wildman–Crippen MR) is 140 cm³/mol. The topological polar surface area (TPSA) is 75.7 Å². The van der Waals surface area contributed by atoms with Crippen LogP contribution in [-0.2, 0) is 16.1 Å². The number of anilines is 1. The van der Waals surface area contributed by atoms with Crippen LogP contribution in [0.4, 0.5) is 10.5 Å². The van der Waals surface area contributed by atoms with Crippen LogP contribution in [0.25, 0.3) is 6.08 Å². The Morgan fingerprint density at radius 2 is 1.86 bits per heavy atom. The van der Waals surface area contributed by atoms with Gasteiger partial charge in [-0.2, -0.15) is 0 Å². The van der Waals surface area contributed by atoms with Crippen LogP contribution in [0.1, 0.15) is 16.7 Å². The molecule has 0 atom stereocenters. The van der Waals surface area contributed by atoms with E-state index in [0.717, 1.165) is 22.9 Å². The minimum atomic E-state index is -0.385. The normalized spacial score (nSPS) is 14.5. The number of carbonyl (C=O) groups excluding carboxylic acids is 3. The number of ether oxygens (including phenoxy) is 1. The molecule has 4 rings (SSSR count). The summed E-state index contributed by atoms with van der Waals surface area (Å²) >= 11 is 13.2. The van der Waals surface area contributed by atoms with Gasteiger partial charge in [0.25, 0.3) is 17.1 Å². The van der Waals surface area contributed by atoms with E-state index >= 15 is 0 Å². The molecule has 3 amide bonds. The van der Waals surface area contributed by atoms with Crippen LogP contribution in [0, 0.1) is 6.92 Å². The fourth-order valence-corrected chi connectivity index (χ4v) is 4.69. The van der Waals surface area contributed by atoms with E-state index in [4.69, 9.17) is 27.9 Å². The molecule has 0 saturated carbocycles. The first-order valence-electron chi connectivity index (χ1n) is 10.6. The summed E-state index contributed by atoms with van der Waals surface area (Å²) in [5, 5.41) is 3.22. The van der Waals surface area contributed by atoms with E-state index in [0.29, 0.717) is 26.9 Å².